The third-order valence-corrected chi connectivity index (χ3v) is 6.72. The molecule has 206 valence electrons. The largest absolute Gasteiger partial charge is 0.457 e. The Hall–Kier alpha value is -2.04. The van der Waals surface area contributed by atoms with E-state index in [1.165, 1.54) is 70.6 Å². The number of aromatic amines is 1. The van der Waals surface area contributed by atoms with Crippen LogP contribution in [0.2, 0.25) is 0 Å². The van der Waals surface area contributed by atoms with E-state index in [2.05, 4.69) is 12.0 Å². The van der Waals surface area contributed by atoms with Crippen LogP contribution in [-0.2, 0) is 14.3 Å². The molecule has 4 atom stereocenters. The highest BCUT2D eigenvalue weighted by Crippen LogP contribution is 2.30. The van der Waals surface area contributed by atoms with Crippen molar-refractivity contribution in [2.75, 3.05) is 6.61 Å². The highest BCUT2D eigenvalue weighted by molar-refractivity contribution is 5.69. The van der Waals surface area contributed by atoms with Gasteiger partial charge in [0, 0.05) is 6.42 Å². The van der Waals surface area contributed by atoms with Gasteiger partial charge < -0.3 is 19.7 Å². The number of hydrogen-bond acceptors (Lipinski definition) is 8. The van der Waals surface area contributed by atoms with E-state index in [9.17, 15) is 24.6 Å². The van der Waals surface area contributed by atoms with Crippen molar-refractivity contribution in [3.8, 4) is 0 Å². The van der Waals surface area contributed by atoms with Gasteiger partial charge in [-0.25, -0.2) is 4.79 Å². The number of aromatic nitrogens is 3. The molecule has 1 aromatic rings. The summed E-state index contributed by atoms with van der Waals surface area (Å²) in [7, 11) is 0. The molecule has 0 saturated carbocycles. The van der Waals surface area contributed by atoms with Gasteiger partial charge in [0.05, 0.1) is 6.61 Å². The molecule has 0 aromatic carbocycles. The van der Waals surface area contributed by atoms with E-state index in [1.54, 1.807) is 0 Å². The quantitative estimate of drug-likeness (QED) is 0.189. The van der Waals surface area contributed by atoms with Crippen molar-refractivity contribution >= 4 is 5.97 Å². The molecule has 0 aliphatic carbocycles. The van der Waals surface area contributed by atoms with Crippen molar-refractivity contribution in [2.45, 2.75) is 134 Å². The molecule has 0 amide bonds. The molecular formula is C26H45N3O7. The molecule has 36 heavy (non-hydrogen) atoms. The van der Waals surface area contributed by atoms with Gasteiger partial charge in [0.1, 0.15) is 18.4 Å². The smallest absolute Gasteiger partial charge is 0.347 e. The van der Waals surface area contributed by atoms with Gasteiger partial charge in [0.15, 0.2) is 12.3 Å². The summed E-state index contributed by atoms with van der Waals surface area (Å²) in [5.74, 6) is -0.488. The number of nitrogens with one attached hydrogen (secondary N) is 1. The Morgan fingerprint density at radius 1 is 0.972 bits per heavy atom. The van der Waals surface area contributed by atoms with Crippen molar-refractivity contribution in [3.63, 3.8) is 0 Å². The Balaban J connectivity index is 1.55. The number of H-pyrrole nitrogens is 1. The van der Waals surface area contributed by atoms with Gasteiger partial charge in [0.2, 0.25) is 0 Å². The number of esters is 1. The molecule has 2 rings (SSSR count). The van der Waals surface area contributed by atoms with Gasteiger partial charge in [-0.3, -0.25) is 14.6 Å². The van der Waals surface area contributed by atoms with E-state index in [1.807, 2.05) is 4.98 Å². The Kier molecular flexibility index (Phi) is 14.6. The maximum Gasteiger partial charge on any atom is 0.347 e. The lowest BCUT2D eigenvalue weighted by atomic mass is 10.0. The van der Waals surface area contributed by atoms with E-state index in [-0.39, 0.29) is 6.42 Å². The molecule has 10 nitrogen and oxygen atoms in total. The summed E-state index contributed by atoms with van der Waals surface area (Å²) >= 11 is 0. The van der Waals surface area contributed by atoms with Gasteiger partial charge in [-0.2, -0.15) is 9.78 Å². The van der Waals surface area contributed by atoms with Crippen LogP contribution >= 0.6 is 0 Å². The standard InChI is InChI=1S/C26H45N3O7/c1-2-3-4-5-6-7-8-9-10-11-12-13-14-15-16-17-22(32)36-24-20(19-30)35-25(23(24)33)29-26(34)28-21(31)18-27-29/h18,20,23-25,30,33H,2-17,19H2,1H3,(H,28,31,34)/t20-,23-,24-,25-/m1/s1. The fraction of sp³-hybridized carbons (Fsp3) is 0.846. The molecule has 1 saturated heterocycles. The molecule has 10 heteroatoms. The predicted molar refractivity (Wildman–Crippen MR) is 136 cm³/mol. The van der Waals surface area contributed by atoms with Gasteiger partial charge in [0.25, 0.3) is 5.56 Å². The van der Waals surface area contributed by atoms with Crippen LogP contribution in [0, 0.1) is 0 Å². The van der Waals surface area contributed by atoms with E-state index in [4.69, 9.17) is 9.47 Å². The van der Waals surface area contributed by atoms with Crippen LogP contribution in [0.3, 0.4) is 0 Å². The summed E-state index contributed by atoms with van der Waals surface area (Å²) in [5, 5.41) is 23.8. The monoisotopic (exact) mass is 511 g/mol. The molecule has 0 radical (unpaired) electrons. The number of carbonyl (C=O) groups excluding carboxylic acids is 1. The molecule has 0 bridgehead atoms. The number of ether oxygens (including phenoxy) is 2. The fourth-order valence-corrected chi connectivity index (χ4v) is 4.61. The fourth-order valence-electron chi connectivity index (χ4n) is 4.61. The van der Waals surface area contributed by atoms with Crippen molar-refractivity contribution in [1.82, 2.24) is 14.8 Å². The van der Waals surface area contributed by atoms with Gasteiger partial charge in [-0.15, -0.1) is 0 Å². The van der Waals surface area contributed by atoms with Crippen molar-refractivity contribution < 1.29 is 24.5 Å². The number of aliphatic hydroxyl groups is 2. The van der Waals surface area contributed by atoms with Crippen LogP contribution < -0.4 is 11.2 Å². The second-order valence-corrected chi connectivity index (χ2v) is 9.78. The van der Waals surface area contributed by atoms with Gasteiger partial charge in [-0.05, 0) is 6.42 Å². The van der Waals surface area contributed by atoms with E-state index < -0.39 is 48.4 Å². The zero-order valence-electron chi connectivity index (χ0n) is 21.7. The van der Waals surface area contributed by atoms with Crippen LogP contribution in [0.5, 0.6) is 0 Å². The van der Waals surface area contributed by atoms with Crippen LogP contribution in [0.15, 0.2) is 15.8 Å². The number of unbranched alkanes of at least 4 members (excludes halogenated alkanes) is 14. The first-order valence-corrected chi connectivity index (χ1v) is 13.8. The van der Waals surface area contributed by atoms with Crippen LogP contribution in [0.1, 0.15) is 116 Å². The lowest BCUT2D eigenvalue weighted by Crippen LogP contribution is -2.41. The molecule has 0 unspecified atom stereocenters. The van der Waals surface area contributed by atoms with Crippen LogP contribution in [0.4, 0.5) is 0 Å². The first-order valence-electron chi connectivity index (χ1n) is 13.8. The summed E-state index contributed by atoms with van der Waals surface area (Å²) in [5.41, 5.74) is -1.55. The topological polar surface area (TPSA) is 144 Å². The summed E-state index contributed by atoms with van der Waals surface area (Å²) in [6.45, 7) is 1.74. The third-order valence-electron chi connectivity index (χ3n) is 6.72. The Morgan fingerprint density at radius 2 is 1.50 bits per heavy atom. The number of rotatable bonds is 19. The summed E-state index contributed by atoms with van der Waals surface area (Å²) < 4.78 is 11.6. The van der Waals surface area contributed by atoms with E-state index in [0.29, 0.717) is 6.42 Å². The molecule has 1 aliphatic heterocycles. The predicted octanol–water partition coefficient (Wildman–Crippen LogP) is 3.36. The van der Waals surface area contributed by atoms with Gasteiger partial charge in [-0.1, -0.05) is 96.8 Å². The molecule has 0 spiro atoms. The summed E-state index contributed by atoms with van der Waals surface area (Å²) in [4.78, 5) is 37.5. The molecule has 1 aromatic heterocycles. The third kappa shape index (κ3) is 10.5. The zero-order chi connectivity index (χ0) is 26.2. The first-order chi connectivity index (χ1) is 17.5. The number of aliphatic hydroxyl groups excluding tert-OH is 2. The normalized spacial score (nSPS) is 21.6. The molecule has 1 aliphatic rings. The molecule has 3 N–H and O–H groups in total. The minimum absolute atomic E-state index is 0.209. The van der Waals surface area contributed by atoms with Crippen molar-refractivity contribution in [2.24, 2.45) is 0 Å². The maximum atomic E-state index is 12.3. The molecular weight excluding hydrogens is 466 g/mol. The van der Waals surface area contributed by atoms with E-state index >= 15 is 0 Å². The molecule has 2 heterocycles. The lowest BCUT2D eigenvalue weighted by Gasteiger charge is -2.19. The van der Waals surface area contributed by atoms with Crippen LogP contribution in [0.25, 0.3) is 0 Å². The zero-order valence-corrected chi connectivity index (χ0v) is 21.7. The second kappa shape index (κ2) is 17.4. The second-order valence-electron chi connectivity index (χ2n) is 9.78. The lowest BCUT2D eigenvalue weighted by molar-refractivity contribution is -0.156. The average molecular weight is 512 g/mol. The Morgan fingerprint density at radius 3 is 2.00 bits per heavy atom. The number of hydrogen-bond donors (Lipinski definition) is 3. The maximum absolute atomic E-state index is 12.3. The Bertz CT molecular complexity index is 856. The minimum atomic E-state index is -1.41. The first kappa shape index (κ1) is 30.2. The number of carbonyl (C=O) groups is 1. The Labute approximate surface area is 213 Å². The number of nitrogens with zero attached hydrogens (tertiary/aromatic N) is 2. The minimum Gasteiger partial charge on any atom is -0.457 e. The van der Waals surface area contributed by atoms with Crippen molar-refractivity contribution in [3.05, 3.63) is 27.0 Å². The van der Waals surface area contributed by atoms with Gasteiger partial charge >= 0.3 is 11.7 Å². The summed E-state index contributed by atoms with van der Waals surface area (Å²) in [6.07, 6.45) is 14.8. The van der Waals surface area contributed by atoms with Crippen LogP contribution in [-0.4, -0.2) is 55.9 Å². The average Bonchev–Trinajstić information content (AvgIpc) is 3.16. The summed E-state index contributed by atoms with van der Waals surface area (Å²) in [6, 6.07) is 0. The highest BCUT2D eigenvalue weighted by atomic mass is 16.6. The SMILES string of the molecule is CCCCCCCCCCCCCCCCCC(=O)O[C@H]1[C@@H](O)[C@H](n2ncc(=O)[nH]c2=O)O[C@@H]1CO. The van der Waals surface area contributed by atoms with Crippen molar-refractivity contribution in [1.29, 1.82) is 0 Å². The highest BCUT2D eigenvalue weighted by Gasteiger charge is 2.47. The molecule has 1 fully saturated rings. The van der Waals surface area contributed by atoms with E-state index in [0.717, 1.165) is 30.1 Å².